The third-order valence-electron chi connectivity index (χ3n) is 4.04. The zero-order chi connectivity index (χ0) is 15.7. The average Bonchev–Trinajstić information content (AvgIpc) is 2.44. The maximum atomic E-state index is 12.1. The number of nitrogens with one attached hydrogen (secondary N) is 1. The Morgan fingerprint density at radius 2 is 1.95 bits per heavy atom. The number of carbonyl (C=O) groups is 1. The molecule has 0 aromatic heterocycles. The second-order valence-electron chi connectivity index (χ2n) is 7.47. The second-order valence-corrected chi connectivity index (χ2v) is 7.47. The number of nitrogens with two attached hydrogens (primary N) is 1. The summed E-state index contributed by atoms with van der Waals surface area (Å²) >= 11 is 0. The lowest BCUT2D eigenvalue weighted by Crippen LogP contribution is -2.37. The van der Waals surface area contributed by atoms with E-state index in [4.69, 9.17) is 10.5 Å². The van der Waals surface area contributed by atoms with Crippen molar-refractivity contribution in [2.45, 2.75) is 71.8 Å². The summed E-state index contributed by atoms with van der Waals surface area (Å²) in [5, 5.41) is 3.00. The molecule has 1 aliphatic carbocycles. The van der Waals surface area contributed by atoms with Crippen molar-refractivity contribution in [2.24, 2.45) is 17.1 Å². The quantitative estimate of drug-likeness (QED) is 0.677. The molecule has 0 radical (unpaired) electrons. The van der Waals surface area contributed by atoms with Crippen molar-refractivity contribution < 1.29 is 9.53 Å². The Balaban J connectivity index is 2.11. The molecule has 0 spiro atoms. The van der Waals surface area contributed by atoms with Gasteiger partial charge in [-0.05, 0) is 31.1 Å². The topological polar surface area (TPSA) is 64.4 Å². The first-order valence-electron chi connectivity index (χ1n) is 8.52. The molecule has 0 aromatic carbocycles. The van der Waals surface area contributed by atoms with Crippen LogP contribution in [0.25, 0.3) is 0 Å². The molecule has 1 rings (SSSR count). The van der Waals surface area contributed by atoms with Crippen LogP contribution in [0.5, 0.6) is 0 Å². The molecule has 1 amide bonds. The van der Waals surface area contributed by atoms with Crippen molar-refractivity contribution in [1.82, 2.24) is 5.32 Å². The van der Waals surface area contributed by atoms with E-state index in [1.807, 2.05) is 0 Å². The van der Waals surface area contributed by atoms with Crippen LogP contribution in [0.2, 0.25) is 0 Å². The summed E-state index contributed by atoms with van der Waals surface area (Å²) in [4.78, 5) is 12.1. The first-order valence-corrected chi connectivity index (χ1v) is 8.52. The number of hydrogen-bond donors (Lipinski definition) is 2. The summed E-state index contributed by atoms with van der Waals surface area (Å²) in [5.74, 6) is 0.00866. The van der Waals surface area contributed by atoms with Gasteiger partial charge in [-0.2, -0.15) is 0 Å². The van der Waals surface area contributed by atoms with E-state index in [1.54, 1.807) is 0 Å². The van der Waals surface area contributed by atoms with Crippen LogP contribution in [0.3, 0.4) is 0 Å². The normalized spacial score (nSPS) is 18.5. The molecule has 3 N–H and O–H groups in total. The fourth-order valence-corrected chi connectivity index (χ4v) is 2.93. The van der Waals surface area contributed by atoms with Crippen LogP contribution < -0.4 is 11.1 Å². The van der Waals surface area contributed by atoms with Crippen molar-refractivity contribution >= 4 is 5.91 Å². The van der Waals surface area contributed by atoms with Crippen LogP contribution in [0.4, 0.5) is 0 Å². The highest BCUT2D eigenvalue weighted by atomic mass is 16.5. The predicted octanol–water partition coefficient (Wildman–Crippen LogP) is 2.85. The number of amides is 1. The molecule has 124 valence electrons. The monoisotopic (exact) mass is 298 g/mol. The van der Waals surface area contributed by atoms with Crippen molar-refractivity contribution in [3.05, 3.63) is 0 Å². The van der Waals surface area contributed by atoms with Crippen molar-refractivity contribution in [2.75, 3.05) is 19.7 Å². The summed E-state index contributed by atoms with van der Waals surface area (Å²) in [5.41, 5.74) is 5.85. The van der Waals surface area contributed by atoms with Gasteiger partial charge in [-0.25, -0.2) is 0 Å². The smallest absolute Gasteiger partial charge is 0.224 e. The molecule has 0 saturated heterocycles. The Hall–Kier alpha value is -0.610. The molecule has 21 heavy (non-hydrogen) atoms. The van der Waals surface area contributed by atoms with E-state index in [0.717, 1.165) is 19.4 Å². The van der Waals surface area contributed by atoms with Gasteiger partial charge < -0.3 is 15.8 Å². The van der Waals surface area contributed by atoms with E-state index in [9.17, 15) is 4.79 Å². The molecule has 1 saturated carbocycles. The van der Waals surface area contributed by atoms with Crippen molar-refractivity contribution in [3.8, 4) is 0 Å². The zero-order valence-electron chi connectivity index (χ0n) is 14.1. The first-order chi connectivity index (χ1) is 9.92. The molecule has 1 atom stereocenters. The Labute approximate surface area is 130 Å². The molecule has 0 heterocycles. The highest BCUT2D eigenvalue weighted by molar-refractivity contribution is 5.78. The summed E-state index contributed by atoms with van der Waals surface area (Å²) in [7, 11) is 0. The molecule has 1 fully saturated rings. The Morgan fingerprint density at radius 1 is 1.29 bits per heavy atom. The Morgan fingerprint density at radius 3 is 2.52 bits per heavy atom. The lowest BCUT2D eigenvalue weighted by Gasteiger charge is -2.24. The maximum Gasteiger partial charge on any atom is 0.224 e. The fraction of sp³-hybridized carbons (Fsp3) is 0.941. The number of carbonyl (C=O) groups excluding carboxylic acids is 1. The summed E-state index contributed by atoms with van der Waals surface area (Å²) in [6.45, 7) is 8.27. The van der Waals surface area contributed by atoms with Crippen molar-refractivity contribution in [3.63, 3.8) is 0 Å². The van der Waals surface area contributed by atoms with Gasteiger partial charge in [0.25, 0.3) is 0 Å². The van der Waals surface area contributed by atoms with Crippen LogP contribution in [-0.2, 0) is 9.53 Å². The van der Waals surface area contributed by atoms with Gasteiger partial charge in [-0.1, -0.05) is 40.0 Å². The molecule has 1 unspecified atom stereocenters. The SMILES string of the molecule is CC(C)(C)CC(CN)C(=O)NCCCOC1CCCCC1. The van der Waals surface area contributed by atoms with E-state index in [1.165, 1.54) is 32.1 Å². The molecule has 4 nitrogen and oxygen atoms in total. The molecular weight excluding hydrogens is 264 g/mol. The second kappa shape index (κ2) is 9.42. The largest absolute Gasteiger partial charge is 0.378 e. The lowest BCUT2D eigenvalue weighted by atomic mass is 9.84. The first kappa shape index (κ1) is 18.4. The molecule has 4 heteroatoms. The lowest BCUT2D eigenvalue weighted by molar-refractivity contribution is -0.125. The van der Waals surface area contributed by atoms with Gasteiger partial charge in [0, 0.05) is 19.7 Å². The van der Waals surface area contributed by atoms with Gasteiger partial charge in [-0.3, -0.25) is 4.79 Å². The molecule has 0 aliphatic heterocycles. The van der Waals surface area contributed by atoms with E-state index in [2.05, 4.69) is 26.1 Å². The van der Waals surface area contributed by atoms with Crippen LogP contribution in [0, 0.1) is 11.3 Å². The van der Waals surface area contributed by atoms with Gasteiger partial charge in [0.1, 0.15) is 0 Å². The van der Waals surface area contributed by atoms with E-state index in [-0.39, 0.29) is 17.2 Å². The molecule has 0 aromatic rings. The third kappa shape index (κ3) is 8.42. The Kier molecular flexibility index (Phi) is 8.27. The van der Waals surface area contributed by atoms with Gasteiger partial charge in [0.15, 0.2) is 0 Å². The van der Waals surface area contributed by atoms with Crippen molar-refractivity contribution in [1.29, 1.82) is 0 Å². The van der Waals surface area contributed by atoms with Gasteiger partial charge in [-0.15, -0.1) is 0 Å². The highest BCUT2D eigenvalue weighted by Gasteiger charge is 2.23. The van der Waals surface area contributed by atoms with Gasteiger partial charge in [0.2, 0.25) is 5.91 Å². The van der Waals surface area contributed by atoms with Gasteiger partial charge in [0.05, 0.1) is 12.0 Å². The fourth-order valence-electron chi connectivity index (χ4n) is 2.93. The van der Waals surface area contributed by atoms with Crippen LogP contribution in [-0.4, -0.2) is 31.7 Å². The minimum atomic E-state index is -0.0794. The standard InChI is InChI=1S/C17H34N2O2/c1-17(2,3)12-14(13-18)16(20)19-10-7-11-21-15-8-5-4-6-9-15/h14-15H,4-13,18H2,1-3H3,(H,19,20). The predicted molar refractivity (Wildman–Crippen MR) is 87.1 cm³/mol. The highest BCUT2D eigenvalue weighted by Crippen LogP contribution is 2.24. The van der Waals surface area contributed by atoms with Crippen LogP contribution in [0.15, 0.2) is 0 Å². The Bertz CT molecular complexity index is 294. The minimum Gasteiger partial charge on any atom is -0.378 e. The summed E-state index contributed by atoms with van der Waals surface area (Å²) < 4.78 is 5.86. The summed E-state index contributed by atoms with van der Waals surface area (Å²) in [6.07, 6.45) is 8.51. The number of ether oxygens (including phenoxy) is 1. The van der Waals surface area contributed by atoms with Crippen LogP contribution in [0.1, 0.15) is 65.7 Å². The molecular formula is C17H34N2O2. The van der Waals surface area contributed by atoms with E-state index < -0.39 is 0 Å². The number of hydrogen-bond acceptors (Lipinski definition) is 3. The van der Waals surface area contributed by atoms with Gasteiger partial charge >= 0.3 is 0 Å². The third-order valence-corrected chi connectivity index (χ3v) is 4.04. The van der Waals surface area contributed by atoms with Crippen LogP contribution >= 0.6 is 0 Å². The maximum absolute atomic E-state index is 12.1. The minimum absolute atomic E-state index is 0.0794. The number of rotatable bonds is 8. The average molecular weight is 298 g/mol. The zero-order valence-corrected chi connectivity index (χ0v) is 14.1. The van der Waals surface area contributed by atoms with E-state index in [0.29, 0.717) is 19.2 Å². The summed E-state index contributed by atoms with van der Waals surface area (Å²) in [6, 6.07) is 0. The van der Waals surface area contributed by atoms with E-state index >= 15 is 0 Å². The molecule has 0 bridgehead atoms. The molecule has 1 aliphatic rings.